The minimum atomic E-state index is -0.745. The van der Waals surface area contributed by atoms with E-state index in [9.17, 15) is 4.79 Å². The lowest BCUT2D eigenvalue weighted by molar-refractivity contribution is -0.125. The molecule has 0 saturated carbocycles. The van der Waals surface area contributed by atoms with Gasteiger partial charge in [0, 0.05) is 29.6 Å². The fraction of sp³-hybridized carbons (Fsp3) is 0.333. The number of amides is 1. The summed E-state index contributed by atoms with van der Waals surface area (Å²) < 4.78 is 5.88. The minimum absolute atomic E-state index is 0.260. The van der Waals surface area contributed by atoms with Crippen molar-refractivity contribution in [3.05, 3.63) is 35.0 Å². The van der Waals surface area contributed by atoms with Gasteiger partial charge >= 0.3 is 0 Å². The molecule has 1 aromatic carbocycles. The molecule has 1 heterocycles. The molecule has 1 aromatic heterocycles. The number of benzene rings is 1. The first-order valence-corrected chi connectivity index (χ1v) is 10.0. The number of nitrogens with one attached hydrogen (secondary N) is 1. The Morgan fingerprint density at radius 3 is 2.81 bits per heavy atom. The molecule has 2 rings (SSSR count). The lowest BCUT2D eigenvalue weighted by Crippen LogP contribution is -2.47. The molecule has 0 aliphatic carbocycles. The van der Waals surface area contributed by atoms with Gasteiger partial charge in [-0.15, -0.1) is 24.1 Å². The standard InChI is InChI=1S/C21H21ClN2O2S/c1-6-8-9-21(3,4)24-19(25)20(27-5)26-16-11-15-10-14(7-2)13-23-18(15)17(22)12-16/h2,10-13,20H,6H2,1,3-5H3,(H,24,25). The Labute approximate surface area is 169 Å². The number of halogens is 1. The van der Waals surface area contributed by atoms with Crippen LogP contribution in [0.25, 0.3) is 10.9 Å². The number of nitrogens with zero attached hydrogens (tertiary/aromatic N) is 1. The number of carbonyl (C=O) groups is 1. The number of thioether (sulfide) groups is 1. The van der Waals surface area contributed by atoms with Gasteiger partial charge in [0.25, 0.3) is 5.91 Å². The molecule has 2 aromatic rings. The van der Waals surface area contributed by atoms with Gasteiger partial charge in [0.1, 0.15) is 5.75 Å². The number of terminal acetylenes is 1. The molecule has 1 unspecified atom stereocenters. The fourth-order valence-corrected chi connectivity index (χ4v) is 3.11. The second kappa shape index (κ2) is 9.04. The number of hydrogen-bond acceptors (Lipinski definition) is 4. The monoisotopic (exact) mass is 400 g/mol. The van der Waals surface area contributed by atoms with Crippen LogP contribution in [-0.4, -0.2) is 28.1 Å². The van der Waals surface area contributed by atoms with Gasteiger partial charge in [-0.05, 0) is 32.2 Å². The first-order chi connectivity index (χ1) is 12.8. The molecule has 0 aliphatic heterocycles. The summed E-state index contributed by atoms with van der Waals surface area (Å²) in [5, 5.41) is 4.09. The van der Waals surface area contributed by atoms with Gasteiger partial charge in [-0.3, -0.25) is 9.78 Å². The van der Waals surface area contributed by atoms with E-state index in [4.69, 9.17) is 22.8 Å². The van der Waals surface area contributed by atoms with Gasteiger partial charge < -0.3 is 10.1 Å². The first-order valence-electron chi connectivity index (χ1n) is 8.37. The maximum Gasteiger partial charge on any atom is 0.272 e. The Hall–Kier alpha value is -2.34. The number of ether oxygens (including phenoxy) is 1. The number of hydrogen-bond donors (Lipinski definition) is 1. The summed E-state index contributed by atoms with van der Waals surface area (Å²) >= 11 is 7.59. The summed E-state index contributed by atoms with van der Waals surface area (Å²) in [6, 6.07) is 5.22. The van der Waals surface area contributed by atoms with E-state index in [1.54, 1.807) is 30.7 Å². The summed E-state index contributed by atoms with van der Waals surface area (Å²) in [6.07, 6.45) is 9.55. The van der Waals surface area contributed by atoms with Gasteiger partial charge in [0.15, 0.2) is 0 Å². The molecular weight excluding hydrogens is 380 g/mol. The fourth-order valence-electron chi connectivity index (χ4n) is 2.37. The van der Waals surface area contributed by atoms with Gasteiger partial charge in [0.05, 0.1) is 16.1 Å². The topological polar surface area (TPSA) is 51.2 Å². The van der Waals surface area contributed by atoms with E-state index in [1.807, 2.05) is 20.8 Å². The average molecular weight is 401 g/mol. The van der Waals surface area contributed by atoms with Crippen molar-refractivity contribution >= 4 is 40.2 Å². The highest BCUT2D eigenvalue weighted by Crippen LogP contribution is 2.29. The van der Waals surface area contributed by atoms with Crippen LogP contribution in [0, 0.1) is 24.2 Å². The van der Waals surface area contributed by atoms with Crippen LogP contribution >= 0.6 is 23.4 Å². The zero-order chi connectivity index (χ0) is 20.0. The predicted molar refractivity (Wildman–Crippen MR) is 113 cm³/mol. The van der Waals surface area contributed by atoms with Crippen molar-refractivity contribution in [3.63, 3.8) is 0 Å². The summed E-state index contributed by atoms with van der Waals surface area (Å²) in [7, 11) is 0. The maximum atomic E-state index is 12.6. The number of aromatic nitrogens is 1. The third kappa shape index (κ3) is 5.57. The smallest absolute Gasteiger partial charge is 0.272 e. The summed E-state index contributed by atoms with van der Waals surface area (Å²) in [5.41, 5.74) is -0.114. The quantitative estimate of drug-likeness (QED) is 0.602. The highest BCUT2D eigenvalue weighted by Gasteiger charge is 2.25. The van der Waals surface area contributed by atoms with E-state index >= 15 is 0 Å². The van der Waals surface area contributed by atoms with Crippen molar-refractivity contribution in [2.24, 2.45) is 0 Å². The molecule has 140 valence electrons. The lowest BCUT2D eigenvalue weighted by atomic mass is 10.1. The minimum Gasteiger partial charge on any atom is -0.470 e. The number of rotatable bonds is 5. The molecule has 0 fully saturated rings. The van der Waals surface area contributed by atoms with Gasteiger partial charge in [-0.2, -0.15) is 0 Å². The normalized spacial score (nSPS) is 11.9. The average Bonchev–Trinajstić information content (AvgIpc) is 2.63. The molecule has 1 N–H and O–H groups in total. The molecular formula is C21H21ClN2O2S. The molecule has 0 saturated heterocycles. The maximum absolute atomic E-state index is 12.6. The molecule has 1 atom stereocenters. The highest BCUT2D eigenvalue weighted by molar-refractivity contribution is 7.99. The molecule has 27 heavy (non-hydrogen) atoms. The van der Waals surface area contributed by atoms with Gasteiger partial charge in [-0.1, -0.05) is 30.4 Å². The van der Waals surface area contributed by atoms with Crippen LogP contribution in [0.3, 0.4) is 0 Å². The molecule has 1 amide bonds. The van der Waals surface area contributed by atoms with Crippen LogP contribution in [0.15, 0.2) is 24.4 Å². The van der Waals surface area contributed by atoms with Crippen molar-refractivity contribution < 1.29 is 9.53 Å². The van der Waals surface area contributed by atoms with Gasteiger partial charge in [-0.25, -0.2) is 0 Å². The van der Waals surface area contributed by atoms with Crippen LogP contribution in [0.4, 0.5) is 0 Å². The van der Waals surface area contributed by atoms with Crippen molar-refractivity contribution in [1.29, 1.82) is 0 Å². The third-order valence-electron chi connectivity index (χ3n) is 3.56. The van der Waals surface area contributed by atoms with Crippen molar-refractivity contribution in [3.8, 4) is 29.9 Å². The van der Waals surface area contributed by atoms with E-state index in [0.717, 1.165) is 11.8 Å². The third-order valence-corrected chi connectivity index (χ3v) is 4.59. The molecule has 4 nitrogen and oxygen atoms in total. The van der Waals surface area contributed by atoms with Gasteiger partial charge in [0.2, 0.25) is 5.44 Å². The summed E-state index contributed by atoms with van der Waals surface area (Å²) in [4.78, 5) is 16.9. The van der Waals surface area contributed by atoms with Crippen molar-refractivity contribution in [2.45, 2.75) is 38.2 Å². The van der Waals surface area contributed by atoms with Crippen molar-refractivity contribution in [2.75, 3.05) is 6.26 Å². The Bertz CT molecular complexity index is 954. The van der Waals surface area contributed by atoms with E-state index in [0.29, 0.717) is 21.9 Å². The van der Waals surface area contributed by atoms with E-state index in [2.05, 4.69) is 28.1 Å². The summed E-state index contributed by atoms with van der Waals surface area (Å²) in [5.74, 6) is 8.77. The molecule has 6 heteroatoms. The van der Waals surface area contributed by atoms with E-state index in [-0.39, 0.29) is 5.91 Å². The van der Waals surface area contributed by atoms with Crippen LogP contribution in [0.1, 0.15) is 32.8 Å². The van der Waals surface area contributed by atoms with Crippen molar-refractivity contribution in [1.82, 2.24) is 10.3 Å². The number of pyridine rings is 1. The molecule has 0 spiro atoms. The zero-order valence-corrected chi connectivity index (χ0v) is 17.3. The SMILES string of the molecule is C#Cc1cnc2c(Cl)cc(OC(SC)C(=O)NC(C)(C)C#CCC)cc2c1. The largest absolute Gasteiger partial charge is 0.470 e. The Balaban J connectivity index is 2.25. The number of carbonyl (C=O) groups excluding carboxylic acids is 1. The highest BCUT2D eigenvalue weighted by atomic mass is 35.5. The zero-order valence-electron chi connectivity index (χ0n) is 15.7. The predicted octanol–water partition coefficient (Wildman–Crippen LogP) is 4.25. The van der Waals surface area contributed by atoms with Crippen LogP contribution in [0.5, 0.6) is 5.75 Å². The first kappa shape index (κ1) is 21.0. The van der Waals surface area contributed by atoms with Crippen LogP contribution < -0.4 is 10.1 Å². The van der Waals surface area contributed by atoms with Crippen LogP contribution in [-0.2, 0) is 4.79 Å². The van der Waals surface area contributed by atoms with E-state index in [1.165, 1.54) is 11.8 Å². The van der Waals surface area contributed by atoms with E-state index < -0.39 is 11.0 Å². The second-order valence-electron chi connectivity index (χ2n) is 6.30. The Morgan fingerprint density at radius 1 is 1.44 bits per heavy atom. The molecule has 0 bridgehead atoms. The number of fused-ring (bicyclic) bond motifs is 1. The summed E-state index contributed by atoms with van der Waals surface area (Å²) in [6.45, 7) is 5.67. The second-order valence-corrected chi connectivity index (χ2v) is 7.61. The molecule has 0 radical (unpaired) electrons. The lowest BCUT2D eigenvalue weighted by Gasteiger charge is -2.24. The van der Waals surface area contributed by atoms with Crippen LogP contribution in [0.2, 0.25) is 5.02 Å². The Morgan fingerprint density at radius 2 is 2.19 bits per heavy atom. The Kier molecular flexibility index (Phi) is 7.02. The molecule has 0 aliphatic rings.